The van der Waals surface area contributed by atoms with E-state index in [2.05, 4.69) is 39.3 Å². The zero-order valence-corrected chi connectivity index (χ0v) is 20.3. The summed E-state index contributed by atoms with van der Waals surface area (Å²) >= 11 is 0. The zero-order valence-electron chi connectivity index (χ0n) is 20.3. The van der Waals surface area contributed by atoms with E-state index in [1.54, 1.807) is 36.5 Å². The molecule has 0 saturated carbocycles. The summed E-state index contributed by atoms with van der Waals surface area (Å²) in [6, 6.07) is 10.3. The van der Waals surface area contributed by atoms with Gasteiger partial charge in [0.2, 0.25) is 0 Å². The minimum atomic E-state index is -0.280. The van der Waals surface area contributed by atoms with Crippen molar-refractivity contribution in [3.8, 4) is 0 Å². The van der Waals surface area contributed by atoms with Crippen molar-refractivity contribution < 1.29 is 9.59 Å². The number of benzene rings is 1. The smallest absolute Gasteiger partial charge is 0.327 e. The number of aromatic nitrogens is 1. The van der Waals surface area contributed by atoms with E-state index in [9.17, 15) is 9.59 Å². The predicted octanol–water partition coefficient (Wildman–Crippen LogP) is 3.94. The molecular formula is C26H36N6O2. The number of piperidine rings is 1. The average Bonchev–Trinajstić information content (AvgIpc) is 2.99. The molecule has 1 aromatic carbocycles. The lowest BCUT2D eigenvalue weighted by Crippen LogP contribution is -2.43. The Labute approximate surface area is 202 Å². The van der Waals surface area contributed by atoms with Crippen LogP contribution in [-0.4, -0.2) is 72.5 Å². The molecule has 34 heavy (non-hydrogen) atoms. The van der Waals surface area contributed by atoms with Crippen molar-refractivity contribution in [1.82, 2.24) is 20.1 Å². The van der Waals surface area contributed by atoms with Gasteiger partial charge in [-0.1, -0.05) is 26.0 Å². The molecule has 1 fully saturated rings. The first-order valence-electron chi connectivity index (χ1n) is 12.5. The maximum Gasteiger partial charge on any atom is 0.327 e. The Bertz CT molecular complexity index is 985. The maximum absolute atomic E-state index is 13.3. The van der Waals surface area contributed by atoms with E-state index in [-0.39, 0.29) is 11.9 Å². The van der Waals surface area contributed by atoms with Crippen LogP contribution < -0.4 is 15.5 Å². The van der Waals surface area contributed by atoms with Gasteiger partial charge < -0.3 is 20.4 Å². The van der Waals surface area contributed by atoms with E-state index in [1.807, 2.05) is 6.07 Å². The molecule has 4 rings (SSSR count). The third-order valence-electron chi connectivity index (χ3n) is 7.00. The summed E-state index contributed by atoms with van der Waals surface area (Å²) in [5.74, 6) is 0.976. The first-order chi connectivity index (χ1) is 16.6. The molecule has 2 aliphatic rings. The zero-order chi connectivity index (χ0) is 23.9. The van der Waals surface area contributed by atoms with E-state index in [4.69, 9.17) is 0 Å². The van der Waals surface area contributed by atoms with Gasteiger partial charge in [-0.25, -0.2) is 14.7 Å². The van der Waals surface area contributed by atoms with Crippen LogP contribution in [0.5, 0.6) is 0 Å². The van der Waals surface area contributed by atoms with Crippen LogP contribution in [0.25, 0.3) is 0 Å². The van der Waals surface area contributed by atoms with Crippen LogP contribution in [-0.2, 0) is 0 Å². The lowest BCUT2D eigenvalue weighted by molar-refractivity contribution is 0.102. The molecule has 3 amide bonds. The van der Waals surface area contributed by atoms with Crippen molar-refractivity contribution in [1.29, 1.82) is 0 Å². The second-order valence-electron chi connectivity index (χ2n) is 9.01. The van der Waals surface area contributed by atoms with E-state index >= 15 is 0 Å². The molecule has 0 aliphatic carbocycles. The van der Waals surface area contributed by atoms with Gasteiger partial charge in [-0.15, -0.1) is 0 Å². The summed E-state index contributed by atoms with van der Waals surface area (Å²) in [4.78, 5) is 36.8. The number of nitrogens with one attached hydrogen (secondary N) is 2. The van der Waals surface area contributed by atoms with E-state index in [0.717, 1.165) is 38.6 Å². The fourth-order valence-corrected chi connectivity index (χ4v) is 4.85. The molecule has 0 radical (unpaired) electrons. The van der Waals surface area contributed by atoms with Crippen LogP contribution in [0.15, 0.2) is 42.6 Å². The average molecular weight is 465 g/mol. The highest BCUT2D eigenvalue weighted by Crippen LogP contribution is 2.36. The van der Waals surface area contributed by atoms with Crippen LogP contribution in [0.2, 0.25) is 0 Å². The van der Waals surface area contributed by atoms with Crippen LogP contribution in [0, 0.1) is 5.92 Å². The molecule has 182 valence electrons. The Morgan fingerprint density at radius 2 is 1.91 bits per heavy atom. The summed E-state index contributed by atoms with van der Waals surface area (Å²) < 4.78 is 0. The number of para-hydroxylation sites is 1. The third-order valence-corrected chi connectivity index (χ3v) is 7.00. The Morgan fingerprint density at radius 3 is 2.68 bits per heavy atom. The molecule has 1 aromatic heterocycles. The number of hydrogen-bond acceptors (Lipinski definition) is 5. The SMILES string of the molecule is CCN(CC)CCC1CCN(CCNC(=O)N2c3ccccc3C(=O)Nc3cccnc32)CC1. The summed E-state index contributed by atoms with van der Waals surface area (Å²) in [6.45, 7) is 11.4. The molecule has 3 heterocycles. The highest BCUT2D eigenvalue weighted by molar-refractivity contribution is 6.16. The summed E-state index contributed by atoms with van der Waals surface area (Å²) in [5, 5.41) is 5.92. The monoisotopic (exact) mass is 464 g/mol. The number of anilines is 3. The van der Waals surface area contributed by atoms with Gasteiger partial charge in [0.05, 0.1) is 16.9 Å². The van der Waals surface area contributed by atoms with Crippen molar-refractivity contribution >= 4 is 29.1 Å². The lowest BCUT2D eigenvalue weighted by Gasteiger charge is -2.33. The van der Waals surface area contributed by atoms with Crippen LogP contribution >= 0.6 is 0 Å². The van der Waals surface area contributed by atoms with Crippen LogP contribution in [0.3, 0.4) is 0 Å². The maximum atomic E-state index is 13.3. The van der Waals surface area contributed by atoms with Gasteiger partial charge in [-0.2, -0.15) is 0 Å². The van der Waals surface area contributed by atoms with Gasteiger partial charge in [0.1, 0.15) is 0 Å². The molecule has 0 atom stereocenters. The molecule has 2 N–H and O–H groups in total. The van der Waals surface area contributed by atoms with Crippen molar-refractivity contribution in [2.45, 2.75) is 33.1 Å². The van der Waals surface area contributed by atoms with Gasteiger partial charge >= 0.3 is 6.03 Å². The molecule has 2 aliphatic heterocycles. The number of carbonyl (C=O) groups excluding carboxylic acids is 2. The Balaban J connectivity index is 1.33. The molecule has 8 heteroatoms. The molecule has 1 saturated heterocycles. The first-order valence-corrected chi connectivity index (χ1v) is 12.5. The second kappa shape index (κ2) is 11.4. The normalized spacial score (nSPS) is 16.6. The number of likely N-dealkylation sites (tertiary alicyclic amines) is 1. The number of urea groups is 1. The Morgan fingerprint density at radius 1 is 1.15 bits per heavy atom. The molecule has 2 aromatic rings. The molecule has 8 nitrogen and oxygen atoms in total. The largest absolute Gasteiger partial charge is 0.336 e. The minimum absolute atomic E-state index is 0.246. The quantitative estimate of drug-likeness (QED) is 0.619. The number of amides is 3. The van der Waals surface area contributed by atoms with E-state index in [1.165, 1.54) is 30.7 Å². The van der Waals surface area contributed by atoms with Crippen molar-refractivity contribution in [3.63, 3.8) is 0 Å². The molecular weight excluding hydrogens is 428 g/mol. The van der Waals surface area contributed by atoms with Gasteiger partial charge in [0.25, 0.3) is 5.91 Å². The number of hydrogen-bond donors (Lipinski definition) is 2. The third kappa shape index (κ3) is 5.56. The van der Waals surface area contributed by atoms with Gasteiger partial charge in [0, 0.05) is 19.3 Å². The molecule has 0 unspecified atom stereocenters. The highest BCUT2D eigenvalue weighted by atomic mass is 16.2. The number of rotatable bonds is 8. The fraction of sp³-hybridized carbons (Fsp3) is 0.500. The number of nitrogens with zero attached hydrogens (tertiary/aromatic N) is 4. The van der Waals surface area contributed by atoms with Gasteiger partial charge in [0.15, 0.2) is 5.82 Å². The van der Waals surface area contributed by atoms with E-state index < -0.39 is 0 Å². The standard InChI is InChI=1S/C26H36N6O2/c1-3-30(4-2)16-11-20-12-17-31(18-13-20)19-15-28-26(34)32-23-10-6-5-8-21(23)25(33)29-22-9-7-14-27-24(22)32/h5-10,14,20H,3-4,11-13,15-19H2,1-2H3,(H,28,34)(H,29,33). The molecule has 0 spiro atoms. The predicted molar refractivity (Wildman–Crippen MR) is 136 cm³/mol. The first kappa shape index (κ1) is 24.2. The highest BCUT2D eigenvalue weighted by Gasteiger charge is 2.30. The van der Waals surface area contributed by atoms with Crippen LogP contribution in [0.4, 0.5) is 22.0 Å². The van der Waals surface area contributed by atoms with Crippen molar-refractivity contribution in [2.24, 2.45) is 5.92 Å². The number of carbonyl (C=O) groups is 2. The van der Waals surface area contributed by atoms with Gasteiger partial charge in [-0.05, 0) is 82.2 Å². The topological polar surface area (TPSA) is 80.8 Å². The minimum Gasteiger partial charge on any atom is -0.336 e. The summed E-state index contributed by atoms with van der Waals surface area (Å²) in [5.41, 5.74) is 1.50. The Kier molecular flexibility index (Phi) is 8.13. The summed E-state index contributed by atoms with van der Waals surface area (Å²) in [7, 11) is 0. The summed E-state index contributed by atoms with van der Waals surface area (Å²) in [6.07, 6.45) is 5.35. The number of pyridine rings is 1. The number of fused-ring (bicyclic) bond motifs is 2. The van der Waals surface area contributed by atoms with E-state index in [0.29, 0.717) is 29.3 Å². The molecule has 0 bridgehead atoms. The van der Waals surface area contributed by atoms with Gasteiger partial charge in [-0.3, -0.25) is 4.79 Å². The fourth-order valence-electron chi connectivity index (χ4n) is 4.85. The second-order valence-corrected chi connectivity index (χ2v) is 9.01. The van der Waals surface area contributed by atoms with Crippen molar-refractivity contribution in [2.75, 3.05) is 56.0 Å². The van der Waals surface area contributed by atoms with Crippen molar-refractivity contribution in [3.05, 3.63) is 48.2 Å². The lowest BCUT2D eigenvalue weighted by atomic mass is 9.93. The van der Waals surface area contributed by atoms with Crippen LogP contribution in [0.1, 0.15) is 43.5 Å². The Hall–Kier alpha value is -2.97.